The van der Waals surface area contributed by atoms with Crippen molar-refractivity contribution in [1.82, 2.24) is 5.32 Å². The van der Waals surface area contributed by atoms with Gasteiger partial charge in [0.2, 0.25) is 5.91 Å². The number of rotatable bonds is 0. The van der Waals surface area contributed by atoms with Crippen molar-refractivity contribution in [2.24, 2.45) is 34.3 Å². The van der Waals surface area contributed by atoms with Crippen LogP contribution in [0.25, 0.3) is 0 Å². The molecule has 4 N–H and O–H groups in total. The summed E-state index contributed by atoms with van der Waals surface area (Å²) in [5.74, 6) is 1.76. The molecule has 0 spiro atoms. The molecule has 22 heavy (non-hydrogen) atoms. The molecule has 0 radical (unpaired) electrons. The maximum absolute atomic E-state index is 11.8. The number of nitrogens with one attached hydrogen (secondary N) is 1. The van der Waals surface area contributed by atoms with Crippen LogP contribution in [-0.2, 0) is 4.79 Å². The van der Waals surface area contributed by atoms with Crippen LogP contribution >= 0.6 is 0 Å². The smallest absolute Gasteiger partial charge is 0.220 e. The van der Waals surface area contributed by atoms with Crippen LogP contribution < -0.4 is 11.1 Å². The van der Waals surface area contributed by atoms with Crippen LogP contribution in [-0.4, -0.2) is 29.2 Å². The van der Waals surface area contributed by atoms with Gasteiger partial charge < -0.3 is 16.2 Å². The fourth-order valence-corrected chi connectivity index (χ4v) is 6.87. The fourth-order valence-electron chi connectivity index (χ4n) is 6.87. The molecule has 1 aliphatic heterocycles. The van der Waals surface area contributed by atoms with Gasteiger partial charge in [0.15, 0.2) is 0 Å². The Labute approximate surface area is 133 Å². The third kappa shape index (κ3) is 1.80. The number of carbonyl (C=O) groups excluding carboxylic acids is 1. The van der Waals surface area contributed by atoms with Gasteiger partial charge in [-0.1, -0.05) is 13.8 Å². The van der Waals surface area contributed by atoms with Crippen LogP contribution in [0.3, 0.4) is 0 Å². The van der Waals surface area contributed by atoms with Crippen molar-refractivity contribution in [3.05, 3.63) is 0 Å². The molecule has 0 aromatic heterocycles. The Kier molecular flexibility index (Phi) is 3.19. The summed E-state index contributed by atoms with van der Waals surface area (Å²) >= 11 is 0. The number of carbonyl (C=O) groups is 1. The standard InChI is InChI=1S/C18H30N2O2/c1-17-8-7-15(22)20-14(17)6-3-10-11-4-5-13(19)18(11,2)9-12(21)16(10)17/h10-14,16,21H,3-9,19H2,1-2H3,(H,20,22)/t10?,11?,12-,13?,14?,16?,17-,18-/m0/s1. The molecule has 4 heteroatoms. The van der Waals surface area contributed by atoms with E-state index in [9.17, 15) is 9.90 Å². The number of nitrogens with two attached hydrogens (primary N) is 1. The van der Waals surface area contributed by atoms with E-state index in [4.69, 9.17) is 5.73 Å². The van der Waals surface area contributed by atoms with E-state index in [2.05, 4.69) is 19.2 Å². The van der Waals surface area contributed by atoms with E-state index in [1.165, 1.54) is 6.42 Å². The Morgan fingerprint density at radius 1 is 1.18 bits per heavy atom. The van der Waals surface area contributed by atoms with Crippen LogP contribution in [0, 0.1) is 28.6 Å². The SMILES string of the molecule is C[C@]12CCC(=O)NC1CCC1C3CCC(N)[C@@]3(C)C[C@H](O)C12. The van der Waals surface area contributed by atoms with Gasteiger partial charge in [0.1, 0.15) is 0 Å². The lowest BCUT2D eigenvalue weighted by molar-refractivity contribution is -0.160. The second-order valence-electron chi connectivity index (χ2n) is 8.96. The summed E-state index contributed by atoms with van der Waals surface area (Å²) in [7, 11) is 0. The molecule has 0 aromatic rings. The minimum atomic E-state index is -0.266. The van der Waals surface area contributed by atoms with Crippen LogP contribution in [0.2, 0.25) is 0 Å². The number of hydrogen-bond donors (Lipinski definition) is 3. The average molecular weight is 306 g/mol. The minimum absolute atomic E-state index is 0.0598. The lowest BCUT2D eigenvalue weighted by atomic mass is 9.46. The summed E-state index contributed by atoms with van der Waals surface area (Å²) in [5, 5.41) is 14.3. The summed E-state index contributed by atoms with van der Waals surface area (Å²) in [5.41, 5.74) is 6.60. The number of fused-ring (bicyclic) bond motifs is 5. The molecule has 1 saturated heterocycles. The molecule has 4 rings (SSSR count). The van der Waals surface area contributed by atoms with Crippen molar-refractivity contribution in [1.29, 1.82) is 0 Å². The first-order valence-electron chi connectivity index (χ1n) is 9.09. The Bertz CT molecular complexity index is 495. The number of aliphatic hydroxyl groups excluding tert-OH is 1. The highest BCUT2D eigenvalue weighted by molar-refractivity contribution is 5.77. The Hall–Kier alpha value is -0.610. The van der Waals surface area contributed by atoms with Gasteiger partial charge in [0.05, 0.1) is 6.10 Å². The van der Waals surface area contributed by atoms with E-state index >= 15 is 0 Å². The Balaban J connectivity index is 1.69. The molecule has 4 nitrogen and oxygen atoms in total. The van der Waals surface area contributed by atoms with Crippen LogP contribution in [0.4, 0.5) is 0 Å². The molecule has 1 amide bonds. The summed E-state index contributed by atoms with van der Waals surface area (Å²) < 4.78 is 0. The summed E-state index contributed by atoms with van der Waals surface area (Å²) in [6.45, 7) is 4.63. The molecule has 0 aromatic carbocycles. The lowest BCUT2D eigenvalue weighted by Crippen LogP contribution is -2.65. The third-order valence-corrected chi connectivity index (χ3v) is 8.10. The van der Waals surface area contributed by atoms with E-state index in [0.29, 0.717) is 24.2 Å². The van der Waals surface area contributed by atoms with Crippen molar-refractivity contribution in [2.45, 2.75) is 77.0 Å². The highest BCUT2D eigenvalue weighted by atomic mass is 16.3. The van der Waals surface area contributed by atoms with E-state index in [-0.39, 0.29) is 34.9 Å². The Morgan fingerprint density at radius 3 is 2.73 bits per heavy atom. The molecule has 1 heterocycles. The molecule has 4 aliphatic rings. The topological polar surface area (TPSA) is 75.4 Å². The summed E-state index contributed by atoms with van der Waals surface area (Å²) in [6.07, 6.45) is 6.65. The second kappa shape index (κ2) is 4.70. The van der Waals surface area contributed by atoms with Crippen molar-refractivity contribution >= 4 is 5.91 Å². The first-order chi connectivity index (χ1) is 10.4. The van der Waals surface area contributed by atoms with Crippen LogP contribution in [0.5, 0.6) is 0 Å². The first-order valence-corrected chi connectivity index (χ1v) is 9.09. The normalized spacial score (nSPS) is 57.5. The maximum Gasteiger partial charge on any atom is 0.220 e. The van der Waals surface area contributed by atoms with Crippen molar-refractivity contribution in [3.8, 4) is 0 Å². The highest BCUT2D eigenvalue weighted by Crippen LogP contribution is 2.63. The van der Waals surface area contributed by atoms with E-state index in [0.717, 1.165) is 32.1 Å². The van der Waals surface area contributed by atoms with Gasteiger partial charge in [0.25, 0.3) is 0 Å². The molecule has 8 atom stereocenters. The zero-order chi connectivity index (χ0) is 15.7. The van der Waals surface area contributed by atoms with Crippen molar-refractivity contribution in [3.63, 3.8) is 0 Å². The molecular formula is C18H30N2O2. The summed E-state index contributed by atoms with van der Waals surface area (Å²) in [4.78, 5) is 11.8. The molecule has 3 aliphatic carbocycles. The van der Waals surface area contributed by atoms with Crippen LogP contribution in [0.15, 0.2) is 0 Å². The van der Waals surface area contributed by atoms with Crippen molar-refractivity contribution < 1.29 is 9.90 Å². The van der Waals surface area contributed by atoms with Crippen LogP contribution in [0.1, 0.15) is 58.8 Å². The highest BCUT2D eigenvalue weighted by Gasteiger charge is 2.62. The number of hydrogen-bond acceptors (Lipinski definition) is 3. The van der Waals surface area contributed by atoms with E-state index in [1.807, 2.05) is 0 Å². The van der Waals surface area contributed by atoms with Gasteiger partial charge in [-0.15, -0.1) is 0 Å². The lowest BCUT2D eigenvalue weighted by Gasteiger charge is -2.61. The predicted octanol–water partition coefficient (Wildman–Crippen LogP) is 1.81. The Morgan fingerprint density at radius 2 is 1.95 bits per heavy atom. The number of aliphatic hydroxyl groups is 1. The van der Waals surface area contributed by atoms with E-state index < -0.39 is 0 Å². The molecule has 124 valence electrons. The van der Waals surface area contributed by atoms with Gasteiger partial charge >= 0.3 is 0 Å². The molecule has 4 fully saturated rings. The number of amides is 1. The average Bonchev–Trinajstić information content (AvgIpc) is 2.75. The summed E-state index contributed by atoms with van der Waals surface area (Å²) in [6, 6.07) is 0.494. The zero-order valence-corrected chi connectivity index (χ0v) is 13.8. The number of piperidine rings is 1. The van der Waals surface area contributed by atoms with Gasteiger partial charge in [-0.25, -0.2) is 0 Å². The van der Waals surface area contributed by atoms with Gasteiger partial charge in [-0.2, -0.15) is 0 Å². The van der Waals surface area contributed by atoms with Crippen molar-refractivity contribution in [2.75, 3.05) is 0 Å². The third-order valence-electron chi connectivity index (χ3n) is 8.10. The maximum atomic E-state index is 11.8. The molecule has 5 unspecified atom stereocenters. The zero-order valence-electron chi connectivity index (χ0n) is 13.8. The van der Waals surface area contributed by atoms with E-state index in [1.54, 1.807) is 0 Å². The molecular weight excluding hydrogens is 276 g/mol. The fraction of sp³-hybridized carbons (Fsp3) is 0.944. The second-order valence-corrected chi connectivity index (χ2v) is 8.96. The molecule has 3 saturated carbocycles. The van der Waals surface area contributed by atoms with Gasteiger partial charge in [-0.3, -0.25) is 4.79 Å². The van der Waals surface area contributed by atoms with Gasteiger partial charge in [0, 0.05) is 18.5 Å². The van der Waals surface area contributed by atoms with Gasteiger partial charge in [-0.05, 0) is 67.1 Å². The molecule has 0 bridgehead atoms. The minimum Gasteiger partial charge on any atom is -0.393 e. The first kappa shape index (κ1) is 14.9. The quantitative estimate of drug-likeness (QED) is 0.639. The predicted molar refractivity (Wildman–Crippen MR) is 84.9 cm³/mol. The largest absolute Gasteiger partial charge is 0.393 e. The monoisotopic (exact) mass is 306 g/mol.